The molecule has 2 aliphatic heterocycles. The van der Waals surface area contributed by atoms with Crippen LogP contribution in [0.3, 0.4) is 0 Å². The van der Waals surface area contributed by atoms with E-state index in [0.717, 1.165) is 38.0 Å². The number of rotatable bonds is 6. The van der Waals surface area contributed by atoms with Gasteiger partial charge >= 0.3 is 0 Å². The molecule has 232 valence electrons. The summed E-state index contributed by atoms with van der Waals surface area (Å²) in [5.41, 5.74) is 1.32. The second-order valence-corrected chi connectivity index (χ2v) is 11.5. The van der Waals surface area contributed by atoms with Crippen LogP contribution in [-0.4, -0.2) is 104 Å². The summed E-state index contributed by atoms with van der Waals surface area (Å²) in [6.45, 7) is 3.28. The standard InChI is InChI=1S/C33H45N5O5/c1-36-23-31(40)37(2)26(22-25-12-6-5-7-13-25)24-43-29-15-9-8-14-27(29)32(41)35-28(16-17-30(36)39)33(42)34-18-21-38-19-10-3-4-11-20-38/h5-9,12-15,26,28H,3-4,10-11,16-24H2,1-2H3,(H,34,42)(H,35,41)/t26-,28+/m1/s1. The summed E-state index contributed by atoms with van der Waals surface area (Å²) < 4.78 is 6.18. The Hall–Kier alpha value is -3.92. The van der Waals surface area contributed by atoms with E-state index in [1.165, 1.54) is 17.7 Å². The highest BCUT2D eigenvalue weighted by Crippen LogP contribution is 2.20. The monoisotopic (exact) mass is 591 g/mol. The lowest BCUT2D eigenvalue weighted by molar-refractivity contribution is -0.140. The maximum atomic E-state index is 13.5. The molecule has 1 fully saturated rings. The molecule has 4 amide bonds. The highest BCUT2D eigenvalue weighted by Gasteiger charge is 2.28. The molecule has 2 aliphatic rings. The lowest BCUT2D eigenvalue weighted by atomic mass is 10.1. The normalized spacial score (nSPS) is 21.5. The van der Waals surface area contributed by atoms with Gasteiger partial charge in [0.15, 0.2) is 0 Å². The van der Waals surface area contributed by atoms with E-state index in [2.05, 4.69) is 15.5 Å². The van der Waals surface area contributed by atoms with Crippen LogP contribution in [0.15, 0.2) is 54.6 Å². The number of carbonyl (C=O) groups excluding carboxylic acids is 4. The third-order valence-corrected chi connectivity index (χ3v) is 8.31. The summed E-state index contributed by atoms with van der Waals surface area (Å²) >= 11 is 0. The first-order valence-corrected chi connectivity index (χ1v) is 15.4. The van der Waals surface area contributed by atoms with Crippen LogP contribution in [0.2, 0.25) is 0 Å². The zero-order chi connectivity index (χ0) is 30.6. The smallest absolute Gasteiger partial charge is 0.255 e. The molecule has 2 N–H and O–H groups in total. The molecule has 2 heterocycles. The molecule has 0 radical (unpaired) electrons. The van der Waals surface area contributed by atoms with Crippen molar-refractivity contribution >= 4 is 23.6 Å². The number of hydrogen-bond acceptors (Lipinski definition) is 6. The highest BCUT2D eigenvalue weighted by molar-refractivity contribution is 5.99. The van der Waals surface area contributed by atoms with Crippen LogP contribution in [0.4, 0.5) is 0 Å². The number of fused-ring (bicyclic) bond motifs is 1. The van der Waals surface area contributed by atoms with Crippen molar-refractivity contribution in [2.24, 2.45) is 0 Å². The molecule has 0 spiro atoms. The number of nitrogens with one attached hydrogen (secondary N) is 2. The zero-order valence-corrected chi connectivity index (χ0v) is 25.4. The largest absolute Gasteiger partial charge is 0.491 e. The maximum absolute atomic E-state index is 13.5. The van der Waals surface area contributed by atoms with Gasteiger partial charge in [0.2, 0.25) is 17.7 Å². The Morgan fingerprint density at radius 2 is 1.63 bits per heavy atom. The number of likely N-dealkylation sites (N-methyl/N-ethyl adjacent to an activating group) is 2. The fourth-order valence-corrected chi connectivity index (χ4v) is 5.55. The van der Waals surface area contributed by atoms with Gasteiger partial charge in [-0.05, 0) is 56.5 Å². The van der Waals surface area contributed by atoms with E-state index < -0.39 is 11.9 Å². The first-order chi connectivity index (χ1) is 20.8. The SMILES string of the molecule is CN1CC(=O)N(C)[C@H](Cc2ccccc2)COc2ccccc2C(=O)N[C@H](C(=O)NCCN2CCCCCC2)CCC1=O. The van der Waals surface area contributed by atoms with Crippen LogP contribution in [0.25, 0.3) is 0 Å². The Balaban J connectivity index is 1.52. The first-order valence-electron chi connectivity index (χ1n) is 15.4. The van der Waals surface area contributed by atoms with E-state index in [9.17, 15) is 19.2 Å². The molecule has 0 aromatic heterocycles. The summed E-state index contributed by atoms with van der Waals surface area (Å²) in [6.07, 6.45) is 5.44. The van der Waals surface area contributed by atoms with Gasteiger partial charge in [-0.1, -0.05) is 55.3 Å². The van der Waals surface area contributed by atoms with E-state index in [0.29, 0.717) is 18.7 Å². The molecule has 0 saturated carbocycles. The van der Waals surface area contributed by atoms with Gasteiger partial charge < -0.3 is 30.1 Å². The summed E-state index contributed by atoms with van der Waals surface area (Å²) in [6, 6.07) is 15.4. The molecule has 10 nitrogen and oxygen atoms in total. The first kappa shape index (κ1) is 32.0. The van der Waals surface area contributed by atoms with Crippen molar-refractivity contribution in [3.8, 4) is 5.75 Å². The van der Waals surface area contributed by atoms with Gasteiger partial charge in [-0.15, -0.1) is 0 Å². The van der Waals surface area contributed by atoms with Crippen molar-refractivity contribution in [3.05, 3.63) is 65.7 Å². The highest BCUT2D eigenvalue weighted by atomic mass is 16.5. The lowest BCUT2D eigenvalue weighted by Gasteiger charge is -2.30. The van der Waals surface area contributed by atoms with Crippen molar-refractivity contribution in [1.29, 1.82) is 0 Å². The van der Waals surface area contributed by atoms with Gasteiger partial charge in [-0.3, -0.25) is 19.2 Å². The third-order valence-electron chi connectivity index (χ3n) is 8.31. The van der Waals surface area contributed by atoms with Gasteiger partial charge in [0.1, 0.15) is 18.4 Å². The van der Waals surface area contributed by atoms with E-state index in [1.807, 2.05) is 30.3 Å². The van der Waals surface area contributed by atoms with Gasteiger partial charge in [-0.25, -0.2) is 0 Å². The van der Waals surface area contributed by atoms with Crippen molar-refractivity contribution < 1.29 is 23.9 Å². The maximum Gasteiger partial charge on any atom is 0.255 e. The van der Waals surface area contributed by atoms with Crippen molar-refractivity contribution in [3.63, 3.8) is 0 Å². The van der Waals surface area contributed by atoms with Gasteiger partial charge in [-0.2, -0.15) is 0 Å². The number of ether oxygens (including phenoxy) is 1. The van der Waals surface area contributed by atoms with E-state index in [1.54, 1.807) is 43.3 Å². The van der Waals surface area contributed by atoms with Gasteiger partial charge in [0.25, 0.3) is 5.91 Å². The molecule has 2 atom stereocenters. The second kappa shape index (κ2) is 16.1. The molecule has 2 aromatic carbocycles. The molecule has 43 heavy (non-hydrogen) atoms. The lowest BCUT2D eigenvalue weighted by Crippen LogP contribution is -2.49. The van der Waals surface area contributed by atoms with Crippen molar-refractivity contribution in [2.75, 3.05) is 53.4 Å². The number of para-hydroxylation sites is 1. The summed E-state index contributed by atoms with van der Waals surface area (Å²) in [7, 11) is 3.29. The van der Waals surface area contributed by atoms with E-state index in [-0.39, 0.29) is 55.3 Å². The fourth-order valence-electron chi connectivity index (χ4n) is 5.55. The predicted molar refractivity (Wildman–Crippen MR) is 165 cm³/mol. The fraction of sp³-hybridized carbons (Fsp3) is 0.515. The molecular formula is C33H45N5O5. The van der Waals surface area contributed by atoms with Crippen LogP contribution in [-0.2, 0) is 20.8 Å². The molecule has 4 rings (SSSR count). The summed E-state index contributed by atoms with van der Waals surface area (Å²) in [5.74, 6) is -0.921. The number of carbonyl (C=O) groups is 4. The van der Waals surface area contributed by atoms with Crippen LogP contribution in [0.1, 0.15) is 54.4 Å². The number of nitrogens with zero attached hydrogens (tertiary/aromatic N) is 3. The molecule has 10 heteroatoms. The minimum atomic E-state index is -0.920. The minimum Gasteiger partial charge on any atom is -0.491 e. The molecular weight excluding hydrogens is 546 g/mol. The minimum absolute atomic E-state index is 0.00355. The van der Waals surface area contributed by atoms with Gasteiger partial charge in [0, 0.05) is 33.6 Å². The third kappa shape index (κ3) is 9.54. The van der Waals surface area contributed by atoms with Crippen molar-refractivity contribution in [1.82, 2.24) is 25.3 Å². The average Bonchev–Trinajstić information content (AvgIpc) is 3.29. The number of benzene rings is 2. The van der Waals surface area contributed by atoms with Crippen LogP contribution in [0.5, 0.6) is 5.75 Å². The van der Waals surface area contributed by atoms with E-state index >= 15 is 0 Å². The Kier molecular flexibility index (Phi) is 12.0. The van der Waals surface area contributed by atoms with E-state index in [4.69, 9.17) is 4.74 Å². The predicted octanol–water partition coefficient (Wildman–Crippen LogP) is 2.48. The average molecular weight is 592 g/mol. The van der Waals surface area contributed by atoms with Crippen LogP contribution < -0.4 is 15.4 Å². The Bertz CT molecular complexity index is 1230. The van der Waals surface area contributed by atoms with Crippen molar-refractivity contribution in [2.45, 2.75) is 57.0 Å². The van der Waals surface area contributed by atoms with Crippen LogP contribution >= 0.6 is 0 Å². The Morgan fingerprint density at radius 3 is 2.37 bits per heavy atom. The van der Waals surface area contributed by atoms with Gasteiger partial charge in [0.05, 0.1) is 18.2 Å². The summed E-state index contributed by atoms with van der Waals surface area (Å²) in [4.78, 5) is 58.5. The molecule has 0 unspecified atom stereocenters. The second-order valence-electron chi connectivity index (χ2n) is 11.5. The number of likely N-dealkylation sites (tertiary alicyclic amines) is 1. The Morgan fingerprint density at radius 1 is 0.930 bits per heavy atom. The molecule has 1 saturated heterocycles. The number of hydrogen-bond donors (Lipinski definition) is 2. The summed E-state index contributed by atoms with van der Waals surface area (Å²) in [5, 5.41) is 5.82. The quantitative estimate of drug-likeness (QED) is 0.534. The molecule has 0 bridgehead atoms. The molecule has 2 aromatic rings. The molecule has 0 aliphatic carbocycles. The van der Waals surface area contributed by atoms with Crippen LogP contribution in [0, 0.1) is 0 Å². The topological polar surface area (TPSA) is 111 Å². The zero-order valence-electron chi connectivity index (χ0n) is 25.4. The number of amides is 4. The Labute approximate surface area is 254 Å².